The smallest absolute Gasteiger partial charge is 0.253 e. The Morgan fingerprint density at radius 1 is 1.00 bits per heavy atom. The topological polar surface area (TPSA) is 112 Å². The monoisotopic (exact) mass is 656 g/mol. The van der Waals surface area contributed by atoms with E-state index in [1.165, 1.54) is 4.90 Å². The van der Waals surface area contributed by atoms with Crippen molar-refractivity contribution in [3.63, 3.8) is 0 Å². The van der Waals surface area contributed by atoms with Crippen molar-refractivity contribution >= 4 is 30.1 Å². The number of piperazine rings is 1. The Balaban J connectivity index is 0.00000480. The summed E-state index contributed by atoms with van der Waals surface area (Å²) in [7, 11) is 4.96. The average molecular weight is 657 g/mol. The van der Waals surface area contributed by atoms with E-state index in [0.717, 1.165) is 37.8 Å². The number of hydrogen-bond acceptors (Lipinski definition) is 7. The lowest BCUT2D eigenvalue weighted by Gasteiger charge is -2.52. The van der Waals surface area contributed by atoms with Gasteiger partial charge < -0.3 is 29.7 Å². The number of carbonyl (C=O) groups is 3. The summed E-state index contributed by atoms with van der Waals surface area (Å²) >= 11 is 0. The molecule has 3 fully saturated rings. The van der Waals surface area contributed by atoms with Gasteiger partial charge in [0, 0.05) is 52.3 Å². The van der Waals surface area contributed by atoms with Crippen molar-refractivity contribution in [1.29, 1.82) is 0 Å². The number of piperidine rings is 1. The lowest BCUT2D eigenvalue weighted by Crippen LogP contribution is -2.73. The maximum absolute atomic E-state index is 13.7. The van der Waals surface area contributed by atoms with E-state index in [9.17, 15) is 19.5 Å². The predicted octanol–water partition coefficient (Wildman–Crippen LogP) is 4.77. The van der Waals surface area contributed by atoms with Gasteiger partial charge in [0.2, 0.25) is 11.8 Å². The Labute approximate surface area is 278 Å². The number of benzene rings is 2. The van der Waals surface area contributed by atoms with Crippen LogP contribution < -0.4 is 14.8 Å². The second-order valence-electron chi connectivity index (χ2n) is 13.1. The first-order valence-electron chi connectivity index (χ1n) is 16.3. The van der Waals surface area contributed by atoms with E-state index in [-0.39, 0.29) is 30.1 Å². The number of nitrogens with zero attached hydrogens (tertiary/aromatic N) is 3. The van der Waals surface area contributed by atoms with Crippen molar-refractivity contribution in [3.05, 3.63) is 53.6 Å². The Kier molecular flexibility index (Phi) is 11.6. The highest BCUT2D eigenvalue weighted by Gasteiger charge is 2.54. The van der Waals surface area contributed by atoms with Crippen LogP contribution in [0.15, 0.2) is 42.5 Å². The number of amides is 3. The summed E-state index contributed by atoms with van der Waals surface area (Å²) in [5, 5.41) is 14.2. The van der Waals surface area contributed by atoms with Crippen molar-refractivity contribution in [2.75, 3.05) is 40.8 Å². The molecule has 3 aliphatic rings. The summed E-state index contributed by atoms with van der Waals surface area (Å²) in [6, 6.07) is 12.4. The highest BCUT2D eigenvalue weighted by molar-refractivity contribution is 6.00. The second kappa shape index (κ2) is 15.0. The van der Waals surface area contributed by atoms with E-state index in [0.29, 0.717) is 74.6 Å². The van der Waals surface area contributed by atoms with Gasteiger partial charge in [-0.1, -0.05) is 38.3 Å². The van der Waals surface area contributed by atoms with Crippen molar-refractivity contribution in [2.24, 2.45) is 0 Å². The van der Waals surface area contributed by atoms with Crippen LogP contribution in [0.25, 0.3) is 0 Å². The second-order valence-corrected chi connectivity index (χ2v) is 13.1. The Bertz CT molecular complexity index is 1370. The fourth-order valence-electron chi connectivity index (χ4n) is 7.13. The Morgan fingerprint density at radius 2 is 1.67 bits per heavy atom. The highest BCUT2D eigenvalue weighted by atomic mass is 35.5. The number of hydrogen-bond donors (Lipinski definition) is 2. The van der Waals surface area contributed by atoms with Crippen LogP contribution in [0.1, 0.15) is 80.6 Å². The lowest BCUT2D eigenvalue weighted by atomic mass is 9.77. The maximum atomic E-state index is 13.7. The van der Waals surface area contributed by atoms with Crippen LogP contribution in [0, 0.1) is 0 Å². The van der Waals surface area contributed by atoms with Crippen LogP contribution >= 0.6 is 12.4 Å². The quantitative estimate of drug-likeness (QED) is 0.379. The minimum atomic E-state index is -0.874. The van der Waals surface area contributed by atoms with Gasteiger partial charge in [-0.25, -0.2) is 0 Å². The van der Waals surface area contributed by atoms with E-state index in [1.54, 1.807) is 39.4 Å². The number of ether oxygens (including phenoxy) is 2. The van der Waals surface area contributed by atoms with Gasteiger partial charge in [0.15, 0.2) is 11.5 Å². The minimum Gasteiger partial charge on any atom is -0.493 e. The summed E-state index contributed by atoms with van der Waals surface area (Å²) in [6.07, 6.45) is 6.64. The highest BCUT2D eigenvalue weighted by Crippen LogP contribution is 2.38. The number of aliphatic hydroxyl groups is 1. The van der Waals surface area contributed by atoms with Gasteiger partial charge in [-0.15, -0.1) is 12.4 Å². The van der Waals surface area contributed by atoms with Crippen LogP contribution in [-0.2, 0) is 16.1 Å². The number of likely N-dealkylation sites (tertiary alicyclic amines) is 1. The van der Waals surface area contributed by atoms with Gasteiger partial charge in [-0.05, 0) is 68.0 Å². The Morgan fingerprint density at radius 3 is 2.28 bits per heavy atom. The van der Waals surface area contributed by atoms with Gasteiger partial charge in [0.05, 0.1) is 12.7 Å². The molecule has 2 heterocycles. The van der Waals surface area contributed by atoms with E-state index in [2.05, 4.69) is 10.2 Å². The zero-order valence-corrected chi connectivity index (χ0v) is 28.4. The van der Waals surface area contributed by atoms with Gasteiger partial charge in [-0.2, -0.15) is 0 Å². The molecular weight excluding hydrogens is 608 g/mol. The third kappa shape index (κ3) is 7.61. The summed E-state index contributed by atoms with van der Waals surface area (Å²) in [5.41, 5.74) is -0.0684. The first kappa shape index (κ1) is 35.5. The van der Waals surface area contributed by atoms with E-state index < -0.39 is 17.2 Å². The van der Waals surface area contributed by atoms with E-state index in [1.807, 2.05) is 36.1 Å². The fraction of sp³-hybridized carbons (Fsp3) is 0.571. The van der Waals surface area contributed by atoms with E-state index in [4.69, 9.17) is 9.47 Å². The summed E-state index contributed by atoms with van der Waals surface area (Å²) in [4.78, 5) is 45.4. The van der Waals surface area contributed by atoms with Crippen LogP contribution in [0.3, 0.4) is 0 Å². The average Bonchev–Trinajstić information content (AvgIpc) is 3.04. The molecule has 1 saturated carbocycles. The standard InChI is InChI=1S/C35H48N4O6.ClH/c1-5-19-39-32(41)28(23-34(43)15-7-6-8-16-34)36-33(42)35(39)17-20-38(21-18-35)24-25-9-12-27(13-10-25)45-29-14-11-26(22-30(29)44-4)31(40)37(2)3;/h9-14,22,28,43H,5-8,15-21,23-24H2,1-4H3,(H,36,42);1H/t28-;/m1./s1. The molecule has 1 aliphatic carbocycles. The number of rotatable bonds is 10. The molecule has 1 atom stereocenters. The molecule has 252 valence electrons. The molecule has 0 radical (unpaired) electrons. The molecule has 10 nitrogen and oxygen atoms in total. The normalized spacial score (nSPS) is 20.9. The lowest BCUT2D eigenvalue weighted by molar-refractivity contribution is -0.163. The zero-order chi connectivity index (χ0) is 32.2. The SMILES string of the molecule is CCCN1C(=O)[C@@H](CC2(O)CCCCC2)NC(=O)C12CCN(Cc1ccc(Oc3ccc(C(=O)N(C)C)cc3OC)cc1)CC2.Cl. The van der Waals surface area contributed by atoms with Gasteiger partial charge in [-0.3, -0.25) is 19.3 Å². The van der Waals surface area contributed by atoms with Gasteiger partial charge in [0.1, 0.15) is 17.3 Å². The zero-order valence-electron chi connectivity index (χ0n) is 27.5. The van der Waals surface area contributed by atoms with Crippen molar-refractivity contribution in [1.82, 2.24) is 20.0 Å². The third-order valence-corrected chi connectivity index (χ3v) is 9.68. The summed E-state index contributed by atoms with van der Waals surface area (Å²) in [5.74, 6) is 1.42. The van der Waals surface area contributed by atoms with Crippen LogP contribution in [0.2, 0.25) is 0 Å². The van der Waals surface area contributed by atoms with Crippen molar-refractivity contribution < 1.29 is 29.0 Å². The Hall–Kier alpha value is -3.34. The first-order valence-corrected chi connectivity index (χ1v) is 16.3. The number of methoxy groups -OCH3 is 1. The summed E-state index contributed by atoms with van der Waals surface area (Å²) < 4.78 is 11.5. The molecule has 0 aromatic heterocycles. The van der Waals surface area contributed by atoms with Crippen LogP contribution in [-0.4, -0.2) is 95.5 Å². The molecule has 2 N–H and O–H groups in total. The molecule has 3 amide bonds. The first-order chi connectivity index (χ1) is 21.6. The third-order valence-electron chi connectivity index (χ3n) is 9.68. The molecule has 5 rings (SSSR count). The van der Waals surface area contributed by atoms with E-state index >= 15 is 0 Å². The molecule has 2 aromatic rings. The van der Waals surface area contributed by atoms with Gasteiger partial charge in [0.25, 0.3) is 5.91 Å². The molecule has 1 spiro atoms. The number of nitrogens with one attached hydrogen (secondary N) is 1. The molecule has 0 unspecified atom stereocenters. The molecule has 11 heteroatoms. The largest absolute Gasteiger partial charge is 0.493 e. The minimum absolute atomic E-state index is 0. The van der Waals surface area contributed by atoms with Gasteiger partial charge >= 0.3 is 0 Å². The number of halogens is 1. The summed E-state index contributed by atoms with van der Waals surface area (Å²) in [6.45, 7) is 4.70. The van der Waals surface area contributed by atoms with Crippen molar-refractivity contribution in [3.8, 4) is 17.2 Å². The van der Waals surface area contributed by atoms with Crippen molar-refractivity contribution in [2.45, 2.75) is 88.4 Å². The number of carbonyl (C=O) groups excluding carboxylic acids is 3. The molecule has 46 heavy (non-hydrogen) atoms. The molecule has 0 bridgehead atoms. The van der Waals surface area contributed by atoms with Crippen LogP contribution in [0.5, 0.6) is 17.2 Å². The molecular formula is C35H49ClN4O6. The maximum Gasteiger partial charge on any atom is 0.253 e. The molecule has 2 aliphatic heterocycles. The predicted molar refractivity (Wildman–Crippen MR) is 179 cm³/mol. The fourth-order valence-corrected chi connectivity index (χ4v) is 7.13. The molecule has 2 saturated heterocycles. The molecule has 2 aromatic carbocycles. The van der Waals surface area contributed by atoms with Crippen LogP contribution in [0.4, 0.5) is 0 Å².